The summed E-state index contributed by atoms with van der Waals surface area (Å²) < 4.78 is 80.1. The van der Waals surface area contributed by atoms with E-state index in [9.17, 15) is 26.3 Å². The predicted octanol–water partition coefficient (Wildman–Crippen LogP) is 3.98. The van der Waals surface area contributed by atoms with E-state index in [0.717, 1.165) is 12.7 Å². The highest BCUT2D eigenvalue weighted by molar-refractivity contribution is 5.98. The summed E-state index contributed by atoms with van der Waals surface area (Å²) in [6, 6.07) is 1.25. The highest BCUT2D eigenvalue weighted by Crippen LogP contribution is 2.40. The van der Waals surface area contributed by atoms with Crippen molar-refractivity contribution in [2.75, 3.05) is 5.32 Å². The Morgan fingerprint density at radius 2 is 1.72 bits per heavy atom. The fraction of sp³-hybridized carbons (Fsp3) is 0.222. The maximum Gasteiger partial charge on any atom is 0.418 e. The fourth-order valence-corrected chi connectivity index (χ4v) is 2.70. The Kier molecular flexibility index (Phi) is 6.23. The van der Waals surface area contributed by atoms with Crippen LogP contribution >= 0.6 is 0 Å². The number of nitrogens with one attached hydrogen (secondary N) is 1. The first-order chi connectivity index (χ1) is 15.0. The molecular formula is C18H14F6N8. The third-order valence-electron chi connectivity index (χ3n) is 4.09. The summed E-state index contributed by atoms with van der Waals surface area (Å²) in [7, 11) is 0. The van der Waals surface area contributed by atoms with Crippen LogP contribution < -0.4 is 11.1 Å². The summed E-state index contributed by atoms with van der Waals surface area (Å²) in [5.41, 5.74) is 1.60. The minimum Gasteiger partial charge on any atom is -0.390 e. The topological polar surface area (TPSA) is 114 Å². The molecule has 0 bridgehead atoms. The average molecular weight is 456 g/mol. The molecule has 0 saturated carbocycles. The molecule has 0 aliphatic heterocycles. The number of nitrogens with two attached hydrogens (primary N) is 1. The van der Waals surface area contributed by atoms with Crippen LogP contribution in [0.2, 0.25) is 0 Å². The Bertz CT molecular complexity index is 1160. The lowest BCUT2D eigenvalue weighted by Gasteiger charge is -2.18. The number of anilines is 1. The van der Waals surface area contributed by atoms with Gasteiger partial charge in [0.2, 0.25) is 0 Å². The molecule has 168 valence electrons. The summed E-state index contributed by atoms with van der Waals surface area (Å²) in [6.07, 6.45) is -5.53. The van der Waals surface area contributed by atoms with Crippen LogP contribution in [0.1, 0.15) is 18.1 Å². The van der Waals surface area contributed by atoms with Crippen molar-refractivity contribution in [1.82, 2.24) is 19.9 Å². The Morgan fingerprint density at radius 3 is 2.31 bits per heavy atom. The fourth-order valence-electron chi connectivity index (χ4n) is 2.70. The quantitative estimate of drug-likeness (QED) is 0.349. The minimum atomic E-state index is -5.07. The lowest BCUT2D eigenvalue weighted by molar-refractivity contribution is -0.142. The van der Waals surface area contributed by atoms with Gasteiger partial charge in [-0.25, -0.2) is 24.9 Å². The molecule has 14 heteroatoms. The van der Waals surface area contributed by atoms with Crippen molar-refractivity contribution in [3.8, 4) is 0 Å². The van der Waals surface area contributed by atoms with E-state index < -0.39 is 40.4 Å². The van der Waals surface area contributed by atoms with Crippen LogP contribution in [-0.4, -0.2) is 38.2 Å². The summed E-state index contributed by atoms with van der Waals surface area (Å²) in [5, 5.41) is 2.23. The number of hydrogen-bond acceptors (Lipinski definition) is 6. The number of alkyl halides is 6. The van der Waals surface area contributed by atoms with E-state index >= 15 is 0 Å². The zero-order chi connectivity index (χ0) is 23.5. The maximum atomic E-state index is 13.4. The Hall–Kier alpha value is -3.84. The molecule has 2 aromatic heterocycles. The predicted molar refractivity (Wildman–Crippen MR) is 104 cm³/mol. The minimum absolute atomic E-state index is 0.00785. The van der Waals surface area contributed by atoms with Crippen LogP contribution in [-0.2, 0) is 12.4 Å². The van der Waals surface area contributed by atoms with Gasteiger partial charge in [0.15, 0.2) is 5.84 Å². The molecule has 1 aromatic carbocycles. The molecule has 0 spiro atoms. The number of fused-ring (bicyclic) bond motifs is 1. The van der Waals surface area contributed by atoms with Crippen LogP contribution in [0.3, 0.4) is 0 Å². The molecular weight excluding hydrogens is 442 g/mol. The number of rotatable bonds is 4. The molecule has 3 N–H and O–H groups in total. The number of hydrogen-bond donors (Lipinski definition) is 2. The third-order valence-corrected chi connectivity index (χ3v) is 4.09. The van der Waals surface area contributed by atoms with Gasteiger partial charge in [-0.3, -0.25) is 0 Å². The second kappa shape index (κ2) is 8.72. The van der Waals surface area contributed by atoms with Crippen molar-refractivity contribution in [1.29, 1.82) is 0 Å². The summed E-state index contributed by atoms with van der Waals surface area (Å²) >= 11 is 0. The van der Waals surface area contributed by atoms with Gasteiger partial charge >= 0.3 is 12.4 Å². The standard InChI is InChI=1S/C18H14F6N8/c1-9(14(28-7-25)32-16-26-3-2-4-27-16)31-15-11-5-10(17(19,20)21)6-12(18(22,23)24)13(11)29-8-30-15/h2-9H,1H3,(H,29,30,31)(H2,25,26,27,28,32). The van der Waals surface area contributed by atoms with E-state index in [1.54, 1.807) is 6.07 Å². The van der Waals surface area contributed by atoms with Gasteiger partial charge in [-0.2, -0.15) is 31.3 Å². The summed E-state index contributed by atoms with van der Waals surface area (Å²) in [5.74, 6) is -0.255. The van der Waals surface area contributed by atoms with E-state index in [1.807, 2.05) is 0 Å². The maximum absolute atomic E-state index is 13.4. The lowest BCUT2D eigenvalue weighted by Crippen LogP contribution is -2.26. The molecule has 0 radical (unpaired) electrons. The molecule has 3 rings (SSSR count). The monoisotopic (exact) mass is 456 g/mol. The molecule has 8 nitrogen and oxygen atoms in total. The zero-order valence-corrected chi connectivity index (χ0v) is 16.1. The number of amidine groups is 1. The first kappa shape index (κ1) is 22.8. The lowest BCUT2D eigenvalue weighted by atomic mass is 10.0. The number of halogens is 6. The summed E-state index contributed by atoms with van der Waals surface area (Å²) in [4.78, 5) is 23.1. The van der Waals surface area contributed by atoms with E-state index in [4.69, 9.17) is 5.73 Å². The Morgan fingerprint density at radius 1 is 1.03 bits per heavy atom. The van der Waals surface area contributed by atoms with Gasteiger partial charge in [0.1, 0.15) is 12.1 Å². The van der Waals surface area contributed by atoms with E-state index in [-0.39, 0.29) is 23.7 Å². The van der Waals surface area contributed by atoms with E-state index in [0.29, 0.717) is 6.07 Å². The van der Waals surface area contributed by atoms with Crippen molar-refractivity contribution >= 4 is 34.8 Å². The second-order valence-electron chi connectivity index (χ2n) is 6.30. The van der Waals surface area contributed by atoms with E-state index in [2.05, 4.69) is 35.2 Å². The SMILES string of the molecule is CC(Nc1ncnc2c(C(F)(F)F)cc(C(F)(F)F)cc12)C(N=CN)=Nc1ncccn1. The van der Waals surface area contributed by atoms with Gasteiger partial charge in [-0.15, -0.1) is 0 Å². The number of aromatic nitrogens is 4. The molecule has 2 heterocycles. The van der Waals surface area contributed by atoms with Crippen molar-refractivity contribution < 1.29 is 26.3 Å². The van der Waals surface area contributed by atoms with Crippen LogP contribution in [0.15, 0.2) is 46.9 Å². The molecule has 0 amide bonds. The molecule has 1 atom stereocenters. The molecule has 0 fully saturated rings. The van der Waals surface area contributed by atoms with Gasteiger partial charge in [0, 0.05) is 17.8 Å². The van der Waals surface area contributed by atoms with Gasteiger partial charge in [0.05, 0.1) is 29.0 Å². The van der Waals surface area contributed by atoms with Crippen molar-refractivity contribution in [3.63, 3.8) is 0 Å². The summed E-state index contributed by atoms with van der Waals surface area (Å²) in [6.45, 7) is 1.50. The van der Waals surface area contributed by atoms with Gasteiger partial charge in [-0.05, 0) is 25.1 Å². The average Bonchev–Trinajstić information content (AvgIpc) is 2.72. The second-order valence-corrected chi connectivity index (χ2v) is 6.30. The van der Waals surface area contributed by atoms with Crippen molar-refractivity contribution in [2.24, 2.45) is 15.7 Å². The van der Waals surface area contributed by atoms with Gasteiger partial charge < -0.3 is 11.1 Å². The van der Waals surface area contributed by atoms with Crippen LogP contribution in [0, 0.1) is 0 Å². The molecule has 32 heavy (non-hydrogen) atoms. The molecule has 3 aromatic rings. The zero-order valence-electron chi connectivity index (χ0n) is 16.1. The third kappa shape index (κ3) is 5.07. The van der Waals surface area contributed by atoms with Crippen molar-refractivity contribution in [3.05, 3.63) is 48.0 Å². The first-order valence-electron chi connectivity index (χ1n) is 8.80. The number of benzene rings is 1. The molecule has 0 aliphatic carbocycles. The molecule has 0 aliphatic rings. The van der Waals surface area contributed by atoms with Crippen LogP contribution in [0.5, 0.6) is 0 Å². The normalized spacial score (nSPS) is 14.2. The molecule has 1 unspecified atom stereocenters. The van der Waals surface area contributed by atoms with Crippen molar-refractivity contribution in [2.45, 2.75) is 25.3 Å². The van der Waals surface area contributed by atoms with Gasteiger partial charge in [0.25, 0.3) is 5.95 Å². The largest absolute Gasteiger partial charge is 0.418 e. The number of aliphatic imine (C=N–C) groups is 2. The highest BCUT2D eigenvalue weighted by Gasteiger charge is 2.39. The van der Waals surface area contributed by atoms with Crippen LogP contribution in [0.4, 0.5) is 38.1 Å². The number of nitrogens with zero attached hydrogens (tertiary/aromatic N) is 6. The van der Waals surface area contributed by atoms with E-state index in [1.165, 1.54) is 19.3 Å². The first-order valence-corrected chi connectivity index (χ1v) is 8.80. The van der Waals surface area contributed by atoms with Gasteiger partial charge in [-0.1, -0.05) is 0 Å². The van der Waals surface area contributed by atoms with Crippen LogP contribution in [0.25, 0.3) is 10.9 Å². The highest BCUT2D eigenvalue weighted by atomic mass is 19.4. The smallest absolute Gasteiger partial charge is 0.390 e. The molecule has 0 saturated heterocycles. The Labute approximate surface area is 176 Å². The Balaban J connectivity index is 2.11.